The van der Waals surface area contributed by atoms with E-state index in [0.717, 1.165) is 28.6 Å². The summed E-state index contributed by atoms with van der Waals surface area (Å²) in [4.78, 5) is 12.9. The van der Waals surface area contributed by atoms with Gasteiger partial charge in [-0.1, -0.05) is 17.7 Å². The smallest absolute Gasteiger partial charge is 0.255 e. The molecule has 5 nitrogen and oxygen atoms in total. The summed E-state index contributed by atoms with van der Waals surface area (Å²) >= 11 is 0. The molecule has 140 valence electrons. The van der Waals surface area contributed by atoms with Crippen LogP contribution in [0, 0.1) is 13.8 Å². The largest absolute Gasteiger partial charge is 0.350 e. The highest BCUT2D eigenvalue weighted by atomic mass is 16.1. The predicted octanol–water partition coefficient (Wildman–Crippen LogP) is 3.97. The zero-order chi connectivity index (χ0) is 19.1. The highest BCUT2D eigenvalue weighted by molar-refractivity contribution is 6.07. The molecule has 5 heteroatoms. The number of nitrogens with zero attached hydrogens (tertiary/aromatic N) is 1. The number of fused-ring (bicyclic) bond motifs is 1. The summed E-state index contributed by atoms with van der Waals surface area (Å²) in [6.07, 6.45) is 3.08. The Morgan fingerprint density at radius 3 is 2.70 bits per heavy atom. The van der Waals surface area contributed by atoms with Crippen molar-refractivity contribution in [3.8, 4) is 0 Å². The number of aryl methyl sites for hydroxylation is 3. The molecule has 2 atom stereocenters. The van der Waals surface area contributed by atoms with E-state index in [1.54, 1.807) is 0 Å². The van der Waals surface area contributed by atoms with Gasteiger partial charge < -0.3 is 9.88 Å². The molecular formula is C22H26N4O. The van der Waals surface area contributed by atoms with Gasteiger partial charge in [-0.05, 0) is 62.6 Å². The van der Waals surface area contributed by atoms with Crippen LogP contribution in [0.25, 0.3) is 10.9 Å². The second-order valence-corrected chi connectivity index (χ2v) is 7.68. The van der Waals surface area contributed by atoms with Crippen LogP contribution in [0.4, 0.5) is 5.69 Å². The van der Waals surface area contributed by atoms with Crippen LogP contribution in [0.15, 0.2) is 42.6 Å². The maximum absolute atomic E-state index is 12.9. The van der Waals surface area contributed by atoms with Gasteiger partial charge in [-0.3, -0.25) is 10.2 Å². The Kier molecular flexibility index (Phi) is 4.50. The highest BCUT2D eigenvalue weighted by Crippen LogP contribution is 2.30. The average molecular weight is 362 g/mol. The van der Waals surface area contributed by atoms with Gasteiger partial charge in [0.1, 0.15) is 0 Å². The third-order valence-electron chi connectivity index (χ3n) is 5.37. The molecule has 1 aliphatic rings. The molecule has 2 heterocycles. The molecule has 0 spiro atoms. The highest BCUT2D eigenvalue weighted by Gasteiger charge is 2.24. The minimum absolute atomic E-state index is 0.0794. The molecule has 0 radical (unpaired) electrons. The van der Waals surface area contributed by atoms with E-state index in [4.69, 9.17) is 0 Å². The summed E-state index contributed by atoms with van der Waals surface area (Å²) in [7, 11) is 2.03. The van der Waals surface area contributed by atoms with Gasteiger partial charge in [0, 0.05) is 47.5 Å². The summed E-state index contributed by atoms with van der Waals surface area (Å²) in [6.45, 7) is 6.30. The summed E-state index contributed by atoms with van der Waals surface area (Å²) in [6, 6.07) is 12.7. The minimum Gasteiger partial charge on any atom is -0.350 e. The van der Waals surface area contributed by atoms with E-state index in [-0.39, 0.29) is 11.9 Å². The van der Waals surface area contributed by atoms with Crippen molar-refractivity contribution in [2.24, 2.45) is 7.05 Å². The molecule has 27 heavy (non-hydrogen) atoms. The Morgan fingerprint density at radius 1 is 1.15 bits per heavy atom. The zero-order valence-corrected chi connectivity index (χ0v) is 16.3. The summed E-state index contributed by atoms with van der Waals surface area (Å²) in [5.74, 6) is -0.0794. The van der Waals surface area contributed by atoms with Crippen molar-refractivity contribution < 1.29 is 4.79 Å². The van der Waals surface area contributed by atoms with Gasteiger partial charge in [0.15, 0.2) is 0 Å². The lowest BCUT2D eigenvalue weighted by atomic mass is 9.98. The third-order valence-corrected chi connectivity index (χ3v) is 5.37. The molecule has 1 aromatic heterocycles. The van der Waals surface area contributed by atoms with Crippen LogP contribution < -0.4 is 16.2 Å². The summed E-state index contributed by atoms with van der Waals surface area (Å²) in [5.41, 5.74) is 12.8. The fourth-order valence-electron chi connectivity index (χ4n) is 3.93. The molecule has 3 N–H and O–H groups in total. The van der Waals surface area contributed by atoms with Crippen molar-refractivity contribution in [3.05, 3.63) is 64.8 Å². The Balaban J connectivity index is 1.64. The predicted molar refractivity (Wildman–Crippen MR) is 110 cm³/mol. The van der Waals surface area contributed by atoms with Crippen LogP contribution in [0.5, 0.6) is 0 Å². The van der Waals surface area contributed by atoms with E-state index < -0.39 is 0 Å². The molecule has 1 fully saturated rings. The first kappa shape index (κ1) is 17.8. The van der Waals surface area contributed by atoms with Gasteiger partial charge in [0.05, 0.1) is 0 Å². The van der Waals surface area contributed by atoms with E-state index in [0.29, 0.717) is 11.6 Å². The number of benzene rings is 2. The van der Waals surface area contributed by atoms with Gasteiger partial charge in [0.2, 0.25) is 0 Å². The SMILES string of the molecule is Cc1ccc(NC(=O)c2ccc3c(c2)c(C)cn3C)c(C2CC(C)NN2)c1. The number of aromatic nitrogens is 1. The molecule has 2 aromatic carbocycles. The van der Waals surface area contributed by atoms with Gasteiger partial charge >= 0.3 is 0 Å². The standard InChI is InChI=1S/C22H26N4O/c1-13-5-7-19(18(9-13)20-10-15(3)24-25-20)23-22(27)16-6-8-21-17(11-16)14(2)12-26(21)4/h5-9,11-12,15,20,24-25H,10H2,1-4H3,(H,23,27). The van der Waals surface area contributed by atoms with Crippen LogP contribution in [-0.2, 0) is 7.05 Å². The molecule has 1 amide bonds. The van der Waals surface area contributed by atoms with Crippen LogP contribution in [0.2, 0.25) is 0 Å². The second kappa shape index (κ2) is 6.83. The Bertz CT molecular complexity index is 1020. The van der Waals surface area contributed by atoms with Crippen molar-refractivity contribution in [1.29, 1.82) is 0 Å². The van der Waals surface area contributed by atoms with Crippen LogP contribution in [-0.4, -0.2) is 16.5 Å². The lowest BCUT2D eigenvalue weighted by Gasteiger charge is -2.17. The third kappa shape index (κ3) is 3.36. The number of hydrazine groups is 1. The van der Waals surface area contributed by atoms with E-state index in [1.165, 1.54) is 11.1 Å². The van der Waals surface area contributed by atoms with Crippen molar-refractivity contribution in [2.75, 3.05) is 5.32 Å². The van der Waals surface area contributed by atoms with Gasteiger partial charge in [0.25, 0.3) is 5.91 Å². The van der Waals surface area contributed by atoms with Gasteiger partial charge in [-0.15, -0.1) is 0 Å². The van der Waals surface area contributed by atoms with Crippen LogP contribution in [0.1, 0.15) is 46.4 Å². The van der Waals surface area contributed by atoms with Crippen molar-refractivity contribution >= 4 is 22.5 Å². The Labute approximate surface area is 159 Å². The fourth-order valence-corrected chi connectivity index (χ4v) is 3.93. The molecule has 2 unspecified atom stereocenters. The van der Waals surface area contributed by atoms with Gasteiger partial charge in [-0.25, -0.2) is 5.43 Å². The molecule has 0 bridgehead atoms. The van der Waals surface area contributed by atoms with E-state index in [9.17, 15) is 4.79 Å². The fraction of sp³-hybridized carbons (Fsp3) is 0.318. The topological polar surface area (TPSA) is 58.1 Å². The van der Waals surface area contributed by atoms with Crippen molar-refractivity contribution in [2.45, 2.75) is 39.3 Å². The number of nitrogens with one attached hydrogen (secondary N) is 3. The lowest BCUT2D eigenvalue weighted by molar-refractivity contribution is 0.102. The number of anilines is 1. The summed E-state index contributed by atoms with van der Waals surface area (Å²) < 4.78 is 2.09. The number of carbonyl (C=O) groups is 1. The quantitative estimate of drug-likeness (QED) is 0.661. The molecule has 3 aromatic rings. The average Bonchev–Trinajstić information content (AvgIpc) is 3.19. The normalized spacial score (nSPS) is 19.6. The Hall–Kier alpha value is -2.63. The number of carbonyl (C=O) groups excluding carboxylic acids is 1. The molecule has 0 saturated carbocycles. The molecular weight excluding hydrogens is 336 g/mol. The lowest BCUT2D eigenvalue weighted by Crippen LogP contribution is -2.29. The van der Waals surface area contributed by atoms with Crippen molar-refractivity contribution in [1.82, 2.24) is 15.4 Å². The number of hydrogen-bond acceptors (Lipinski definition) is 3. The zero-order valence-electron chi connectivity index (χ0n) is 16.3. The first-order valence-corrected chi connectivity index (χ1v) is 9.41. The monoisotopic (exact) mass is 362 g/mol. The van der Waals surface area contributed by atoms with E-state index in [2.05, 4.69) is 53.8 Å². The number of rotatable bonds is 3. The first-order chi connectivity index (χ1) is 12.9. The maximum atomic E-state index is 12.9. The van der Waals surface area contributed by atoms with Crippen molar-refractivity contribution in [3.63, 3.8) is 0 Å². The van der Waals surface area contributed by atoms with Gasteiger partial charge in [-0.2, -0.15) is 0 Å². The van der Waals surface area contributed by atoms with Crippen LogP contribution >= 0.6 is 0 Å². The number of hydrogen-bond donors (Lipinski definition) is 3. The molecule has 4 rings (SSSR count). The maximum Gasteiger partial charge on any atom is 0.255 e. The van der Waals surface area contributed by atoms with E-state index in [1.807, 2.05) is 37.4 Å². The summed E-state index contributed by atoms with van der Waals surface area (Å²) in [5, 5.41) is 4.24. The molecule has 1 aliphatic heterocycles. The molecule has 0 aliphatic carbocycles. The second-order valence-electron chi connectivity index (χ2n) is 7.68. The first-order valence-electron chi connectivity index (χ1n) is 9.41. The minimum atomic E-state index is -0.0794. The van der Waals surface area contributed by atoms with E-state index >= 15 is 0 Å². The molecule has 1 saturated heterocycles. The Morgan fingerprint density at radius 2 is 1.96 bits per heavy atom. The number of amides is 1. The van der Waals surface area contributed by atoms with Crippen LogP contribution in [0.3, 0.4) is 0 Å².